The molecular formula is C11H16O3. The minimum atomic E-state index is -0.665. The van der Waals surface area contributed by atoms with Gasteiger partial charge in [0.2, 0.25) is 0 Å². The van der Waals surface area contributed by atoms with E-state index in [2.05, 4.69) is 23.7 Å². The van der Waals surface area contributed by atoms with Crippen molar-refractivity contribution in [2.45, 2.75) is 51.6 Å². The number of unbranched alkanes of at least 4 members (excludes halogenated alkanes) is 2. The summed E-state index contributed by atoms with van der Waals surface area (Å²) in [7, 11) is 0. The zero-order chi connectivity index (χ0) is 10.4. The van der Waals surface area contributed by atoms with Gasteiger partial charge in [-0.3, -0.25) is 0 Å². The summed E-state index contributed by atoms with van der Waals surface area (Å²) in [4.78, 5) is 10.9. The second-order valence-corrected chi connectivity index (χ2v) is 3.49. The highest BCUT2D eigenvalue weighted by Gasteiger charge is 2.33. The molecule has 0 aromatic heterocycles. The Kier molecular flexibility index (Phi) is 3.82. The lowest BCUT2D eigenvalue weighted by atomic mass is 9.94. The second kappa shape index (κ2) is 4.90. The van der Waals surface area contributed by atoms with Crippen LogP contribution in [-0.2, 0) is 9.47 Å². The van der Waals surface area contributed by atoms with Crippen LogP contribution in [0.3, 0.4) is 0 Å². The maximum absolute atomic E-state index is 10.9. The molecule has 3 heteroatoms. The Hall–Kier alpha value is -1.17. The molecule has 0 spiro atoms. The molecule has 0 saturated heterocycles. The van der Waals surface area contributed by atoms with Gasteiger partial charge in [0.25, 0.3) is 0 Å². The summed E-state index contributed by atoms with van der Waals surface area (Å²) in [6, 6.07) is 0. The molecule has 3 nitrogen and oxygen atoms in total. The Morgan fingerprint density at radius 2 is 2.14 bits per heavy atom. The number of carbonyl (C=O) groups is 1. The van der Waals surface area contributed by atoms with E-state index in [1.165, 1.54) is 0 Å². The van der Waals surface area contributed by atoms with Gasteiger partial charge >= 0.3 is 6.16 Å². The molecule has 1 rings (SSSR count). The van der Waals surface area contributed by atoms with Gasteiger partial charge in [-0.25, -0.2) is 4.79 Å². The first-order valence-electron chi connectivity index (χ1n) is 5.14. The molecule has 1 aliphatic rings. The van der Waals surface area contributed by atoms with Crippen molar-refractivity contribution in [3.63, 3.8) is 0 Å². The zero-order valence-electron chi connectivity index (χ0n) is 8.76. The quantitative estimate of drug-likeness (QED) is 0.385. The molecule has 0 amide bonds. The standard InChI is InChI=1S/C11H16O3/c1-3-5-6-7-11(4-2)8-9-13-10(12)14-11/h3-7H2,1-2H3. The monoisotopic (exact) mass is 196 g/mol. The summed E-state index contributed by atoms with van der Waals surface area (Å²) in [5.74, 6) is 2.86. The van der Waals surface area contributed by atoms with Crippen LogP contribution in [0, 0.1) is 12.0 Å². The Balaban J connectivity index is 2.55. The highest BCUT2D eigenvalue weighted by molar-refractivity contribution is 5.64. The highest BCUT2D eigenvalue weighted by Crippen LogP contribution is 2.25. The summed E-state index contributed by atoms with van der Waals surface area (Å²) in [5.41, 5.74) is -0.593. The van der Waals surface area contributed by atoms with Gasteiger partial charge in [0.15, 0.2) is 5.60 Å². The maximum Gasteiger partial charge on any atom is 0.524 e. The fraction of sp³-hybridized carbons (Fsp3) is 0.727. The van der Waals surface area contributed by atoms with Crippen molar-refractivity contribution in [2.24, 2.45) is 0 Å². The van der Waals surface area contributed by atoms with Crippen molar-refractivity contribution in [1.82, 2.24) is 0 Å². The molecule has 0 aromatic carbocycles. The van der Waals surface area contributed by atoms with Gasteiger partial charge in [-0.05, 0) is 25.2 Å². The first-order valence-corrected chi connectivity index (χ1v) is 5.14. The van der Waals surface area contributed by atoms with E-state index in [4.69, 9.17) is 4.74 Å². The van der Waals surface area contributed by atoms with Crippen molar-refractivity contribution < 1.29 is 14.3 Å². The number of ether oxygens (including phenoxy) is 2. The SMILES string of the molecule is CCCCCC1(CC)C#COC(=O)O1. The normalized spacial score (nSPS) is 24.6. The fourth-order valence-electron chi connectivity index (χ4n) is 1.48. The highest BCUT2D eigenvalue weighted by atomic mass is 16.7. The summed E-state index contributed by atoms with van der Waals surface area (Å²) >= 11 is 0. The van der Waals surface area contributed by atoms with Crippen LogP contribution in [0.2, 0.25) is 0 Å². The smallest absolute Gasteiger partial charge is 0.413 e. The lowest BCUT2D eigenvalue weighted by Gasteiger charge is -2.27. The van der Waals surface area contributed by atoms with Crippen molar-refractivity contribution in [3.8, 4) is 12.0 Å². The van der Waals surface area contributed by atoms with Crippen LogP contribution in [-0.4, -0.2) is 11.8 Å². The molecule has 0 saturated carbocycles. The van der Waals surface area contributed by atoms with Gasteiger partial charge < -0.3 is 9.47 Å². The number of carbonyl (C=O) groups excluding carboxylic acids is 1. The van der Waals surface area contributed by atoms with E-state index in [9.17, 15) is 4.79 Å². The summed E-state index contributed by atoms with van der Waals surface area (Å²) < 4.78 is 9.55. The zero-order valence-corrected chi connectivity index (χ0v) is 8.76. The lowest BCUT2D eigenvalue weighted by molar-refractivity contribution is -0.00204. The molecule has 0 bridgehead atoms. The van der Waals surface area contributed by atoms with Gasteiger partial charge in [-0.15, -0.1) is 0 Å². The maximum atomic E-state index is 10.9. The average Bonchev–Trinajstić information content (AvgIpc) is 2.18. The molecule has 1 aliphatic heterocycles. The Bertz CT molecular complexity index is 261. The molecular weight excluding hydrogens is 180 g/mol. The molecule has 1 atom stereocenters. The van der Waals surface area contributed by atoms with Gasteiger partial charge in [0.05, 0.1) is 0 Å². The van der Waals surface area contributed by atoms with Gasteiger partial charge in [0, 0.05) is 0 Å². The third kappa shape index (κ3) is 2.66. The van der Waals surface area contributed by atoms with E-state index in [-0.39, 0.29) is 0 Å². The van der Waals surface area contributed by atoms with Crippen LogP contribution in [0.5, 0.6) is 0 Å². The van der Waals surface area contributed by atoms with Gasteiger partial charge in [-0.1, -0.05) is 26.7 Å². The third-order valence-corrected chi connectivity index (χ3v) is 2.45. The van der Waals surface area contributed by atoms with E-state index < -0.39 is 11.8 Å². The lowest BCUT2D eigenvalue weighted by Crippen LogP contribution is -2.35. The van der Waals surface area contributed by atoms with Crippen molar-refractivity contribution in [1.29, 1.82) is 0 Å². The molecule has 0 fully saturated rings. The van der Waals surface area contributed by atoms with E-state index >= 15 is 0 Å². The van der Waals surface area contributed by atoms with Gasteiger partial charge in [0.1, 0.15) is 6.11 Å². The average molecular weight is 196 g/mol. The molecule has 1 unspecified atom stereocenters. The molecule has 78 valence electrons. The van der Waals surface area contributed by atoms with Crippen LogP contribution in [0.1, 0.15) is 46.0 Å². The molecule has 0 radical (unpaired) electrons. The third-order valence-electron chi connectivity index (χ3n) is 2.45. The van der Waals surface area contributed by atoms with E-state index in [1.807, 2.05) is 6.92 Å². The molecule has 0 N–H and O–H groups in total. The van der Waals surface area contributed by atoms with E-state index in [1.54, 1.807) is 0 Å². The van der Waals surface area contributed by atoms with Crippen LogP contribution in [0.4, 0.5) is 4.79 Å². The second-order valence-electron chi connectivity index (χ2n) is 3.49. The molecule has 14 heavy (non-hydrogen) atoms. The minimum Gasteiger partial charge on any atom is -0.413 e. The van der Waals surface area contributed by atoms with Crippen LogP contribution in [0.25, 0.3) is 0 Å². The van der Waals surface area contributed by atoms with Crippen LogP contribution >= 0.6 is 0 Å². The predicted octanol–water partition coefficient (Wildman–Crippen LogP) is 2.84. The molecule has 0 aromatic rings. The van der Waals surface area contributed by atoms with Crippen molar-refractivity contribution in [2.75, 3.05) is 0 Å². The first kappa shape index (κ1) is 10.9. The number of hydrogen-bond donors (Lipinski definition) is 0. The largest absolute Gasteiger partial charge is 0.524 e. The molecule has 0 aliphatic carbocycles. The topological polar surface area (TPSA) is 35.5 Å². The summed E-state index contributed by atoms with van der Waals surface area (Å²) in [6.45, 7) is 4.11. The fourth-order valence-corrected chi connectivity index (χ4v) is 1.48. The minimum absolute atomic E-state index is 0.593. The van der Waals surface area contributed by atoms with Crippen LogP contribution in [0.15, 0.2) is 0 Å². The van der Waals surface area contributed by atoms with Crippen molar-refractivity contribution in [3.05, 3.63) is 0 Å². The number of cyclic esters (lactones) is 2. The van der Waals surface area contributed by atoms with Crippen LogP contribution < -0.4 is 0 Å². The molecule has 1 heterocycles. The van der Waals surface area contributed by atoms with Gasteiger partial charge in [-0.2, -0.15) is 0 Å². The Morgan fingerprint density at radius 3 is 2.71 bits per heavy atom. The van der Waals surface area contributed by atoms with Crippen molar-refractivity contribution >= 4 is 6.16 Å². The number of rotatable bonds is 5. The van der Waals surface area contributed by atoms with E-state index in [0.29, 0.717) is 0 Å². The number of hydrogen-bond acceptors (Lipinski definition) is 3. The van der Waals surface area contributed by atoms with E-state index in [0.717, 1.165) is 32.1 Å². The Labute approximate surface area is 84.8 Å². The first-order chi connectivity index (χ1) is 6.72. The Morgan fingerprint density at radius 1 is 1.36 bits per heavy atom. The summed E-state index contributed by atoms with van der Waals surface area (Å²) in [6.07, 6.45) is 6.57. The summed E-state index contributed by atoms with van der Waals surface area (Å²) in [5, 5.41) is 0. The predicted molar refractivity (Wildman–Crippen MR) is 52.5 cm³/mol.